The summed E-state index contributed by atoms with van der Waals surface area (Å²) in [6.45, 7) is 2.02. The van der Waals surface area contributed by atoms with E-state index in [0.717, 1.165) is 24.8 Å². The minimum absolute atomic E-state index is 0.377. The van der Waals surface area contributed by atoms with Crippen LogP contribution < -0.4 is 0 Å². The van der Waals surface area contributed by atoms with Crippen molar-refractivity contribution in [1.82, 2.24) is 0 Å². The van der Waals surface area contributed by atoms with E-state index < -0.39 is 5.97 Å². The van der Waals surface area contributed by atoms with Crippen LogP contribution in [0.3, 0.4) is 0 Å². The number of aryl methyl sites for hydroxylation is 2. The van der Waals surface area contributed by atoms with Crippen LogP contribution in [0.4, 0.5) is 0 Å². The molecule has 0 aliphatic heterocycles. The number of carboxylic acids is 1. The molecular weight excluding hydrogens is 248 g/mol. The summed E-state index contributed by atoms with van der Waals surface area (Å²) in [7, 11) is 0. The maximum Gasteiger partial charge on any atom is 0.335 e. The van der Waals surface area contributed by atoms with E-state index >= 15 is 0 Å². The molecular formula is C18H18O2. The fourth-order valence-electron chi connectivity index (χ4n) is 3.23. The van der Waals surface area contributed by atoms with Crippen LogP contribution in [0.25, 0.3) is 0 Å². The van der Waals surface area contributed by atoms with Gasteiger partial charge in [0.15, 0.2) is 0 Å². The summed E-state index contributed by atoms with van der Waals surface area (Å²) < 4.78 is 0. The lowest BCUT2D eigenvalue weighted by Gasteiger charge is -2.26. The summed E-state index contributed by atoms with van der Waals surface area (Å²) in [4.78, 5) is 11.0. The molecule has 3 rings (SSSR count). The number of rotatable bonds is 2. The molecule has 2 heteroatoms. The quantitative estimate of drug-likeness (QED) is 0.893. The minimum atomic E-state index is -0.853. The van der Waals surface area contributed by atoms with Crippen LogP contribution in [-0.4, -0.2) is 11.1 Å². The van der Waals surface area contributed by atoms with Gasteiger partial charge >= 0.3 is 5.97 Å². The van der Waals surface area contributed by atoms with Gasteiger partial charge in [0, 0.05) is 0 Å². The lowest BCUT2D eigenvalue weighted by atomic mass is 9.79. The topological polar surface area (TPSA) is 37.3 Å². The number of benzene rings is 2. The normalized spacial score (nSPS) is 17.6. The van der Waals surface area contributed by atoms with Gasteiger partial charge in [-0.2, -0.15) is 0 Å². The van der Waals surface area contributed by atoms with Crippen molar-refractivity contribution >= 4 is 5.97 Å². The highest BCUT2D eigenvalue weighted by Crippen LogP contribution is 2.34. The molecule has 2 nitrogen and oxygen atoms in total. The zero-order valence-electron chi connectivity index (χ0n) is 11.6. The summed E-state index contributed by atoms with van der Waals surface area (Å²) >= 11 is 0. The van der Waals surface area contributed by atoms with E-state index in [1.54, 1.807) is 12.1 Å². The highest BCUT2D eigenvalue weighted by molar-refractivity contribution is 5.87. The molecule has 0 bridgehead atoms. The molecule has 20 heavy (non-hydrogen) atoms. The van der Waals surface area contributed by atoms with E-state index in [2.05, 4.69) is 24.3 Å². The zero-order chi connectivity index (χ0) is 14.1. The molecule has 1 unspecified atom stereocenters. The molecule has 2 aromatic carbocycles. The van der Waals surface area contributed by atoms with Gasteiger partial charge in [0.1, 0.15) is 0 Å². The highest BCUT2D eigenvalue weighted by Gasteiger charge is 2.21. The average molecular weight is 266 g/mol. The van der Waals surface area contributed by atoms with Gasteiger partial charge in [-0.15, -0.1) is 0 Å². The van der Waals surface area contributed by atoms with Crippen molar-refractivity contribution in [3.8, 4) is 0 Å². The van der Waals surface area contributed by atoms with E-state index in [0.29, 0.717) is 11.5 Å². The van der Waals surface area contributed by atoms with Crippen molar-refractivity contribution in [2.24, 2.45) is 0 Å². The molecule has 1 atom stereocenters. The Morgan fingerprint density at radius 2 is 1.90 bits per heavy atom. The number of carbonyl (C=O) groups is 1. The summed E-state index contributed by atoms with van der Waals surface area (Å²) in [5.41, 5.74) is 5.66. The molecule has 0 aromatic heterocycles. The van der Waals surface area contributed by atoms with E-state index in [9.17, 15) is 4.79 Å². The van der Waals surface area contributed by atoms with Gasteiger partial charge in [-0.25, -0.2) is 4.79 Å². The molecule has 0 radical (unpaired) electrons. The standard InChI is InChI=1S/C18H18O2/c1-12-10-16(18(19)20)8-9-17(12)15-7-6-13-4-2-3-5-14(13)11-15/h2-5,8-10,15H,6-7,11H2,1H3,(H,19,20). The molecule has 0 spiro atoms. The summed E-state index contributed by atoms with van der Waals surface area (Å²) in [6, 6.07) is 14.1. The van der Waals surface area contributed by atoms with Gasteiger partial charge in [-0.3, -0.25) is 0 Å². The van der Waals surface area contributed by atoms with Crippen molar-refractivity contribution in [3.05, 3.63) is 70.3 Å². The number of fused-ring (bicyclic) bond motifs is 1. The van der Waals surface area contributed by atoms with Gasteiger partial charge in [0.2, 0.25) is 0 Å². The molecule has 0 saturated carbocycles. The van der Waals surface area contributed by atoms with E-state index in [-0.39, 0.29) is 0 Å². The first-order chi connectivity index (χ1) is 9.65. The second-order valence-corrected chi connectivity index (χ2v) is 5.58. The summed E-state index contributed by atoms with van der Waals surface area (Å²) in [5.74, 6) is -0.346. The van der Waals surface area contributed by atoms with E-state index in [1.807, 2.05) is 13.0 Å². The van der Waals surface area contributed by atoms with Crippen molar-refractivity contribution in [1.29, 1.82) is 0 Å². The van der Waals surface area contributed by atoms with Crippen molar-refractivity contribution in [3.63, 3.8) is 0 Å². The molecule has 0 fully saturated rings. The van der Waals surface area contributed by atoms with Crippen LogP contribution in [0.15, 0.2) is 42.5 Å². The van der Waals surface area contributed by atoms with Gasteiger partial charge < -0.3 is 5.11 Å². The fraction of sp³-hybridized carbons (Fsp3) is 0.278. The Balaban J connectivity index is 1.90. The predicted molar refractivity (Wildman–Crippen MR) is 79.3 cm³/mol. The van der Waals surface area contributed by atoms with Crippen LogP contribution in [0.2, 0.25) is 0 Å². The summed E-state index contributed by atoms with van der Waals surface area (Å²) in [5, 5.41) is 9.04. The van der Waals surface area contributed by atoms with Crippen molar-refractivity contribution in [2.75, 3.05) is 0 Å². The van der Waals surface area contributed by atoms with Crippen LogP contribution in [0, 0.1) is 6.92 Å². The van der Waals surface area contributed by atoms with Crippen LogP contribution in [-0.2, 0) is 12.8 Å². The maximum atomic E-state index is 11.0. The Morgan fingerprint density at radius 1 is 1.15 bits per heavy atom. The molecule has 0 heterocycles. The third kappa shape index (κ3) is 2.34. The molecule has 0 saturated heterocycles. The minimum Gasteiger partial charge on any atom is -0.478 e. The monoisotopic (exact) mass is 266 g/mol. The molecule has 2 aromatic rings. The third-order valence-electron chi connectivity index (χ3n) is 4.30. The van der Waals surface area contributed by atoms with Crippen LogP contribution in [0.5, 0.6) is 0 Å². The first kappa shape index (κ1) is 12.9. The molecule has 102 valence electrons. The van der Waals surface area contributed by atoms with Gasteiger partial charge in [-0.1, -0.05) is 30.3 Å². The van der Waals surface area contributed by atoms with Crippen LogP contribution in [0.1, 0.15) is 45.0 Å². The smallest absolute Gasteiger partial charge is 0.335 e. The Morgan fingerprint density at radius 3 is 2.60 bits per heavy atom. The first-order valence-corrected chi connectivity index (χ1v) is 7.06. The van der Waals surface area contributed by atoms with Crippen molar-refractivity contribution < 1.29 is 9.90 Å². The zero-order valence-corrected chi connectivity index (χ0v) is 11.6. The maximum absolute atomic E-state index is 11.0. The average Bonchev–Trinajstić information content (AvgIpc) is 2.46. The van der Waals surface area contributed by atoms with Crippen molar-refractivity contribution in [2.45, 2.75) is 32.1 Å². The Kier molecular flexibility index (Phi) is 3.31. The first-order valence-electron chi connectivity index (χ1n) is 7.06. The second kappa shape index (κ2) is 5.12. The highest BCUT2D eigenvalue weighted by atomic mass is 16.4. The Hall–Kier alpha value is -2.09. The molecule has 0 amide bonds. The number of aromatic carboxylic acids is 1. The predicted octanol–water partition coefficient (Wildman–Crippen LogP) is 3.97. The Bertz CT molecular complexity index is 658. The van der Waals surface area contributed by atoms with Gasteiger partial charge in [0.25, 0.3) is 0 Å². The largest absolute Gasteiger partial charge is 0.478 e. The SMILES string of the molecule is Cc1cc(C(=O)O)ccc1C1CCc2ccccc2C1. The Labute approximate surface area is 119 Å². The lowest BCUT2D eigenvalue weighted by Crippen LogP contribution is -2.14. The number of carboxylic acid groups (broad SMARTS) is 1. The summed E-state index contributed by atoms with van der Waals surface area (Å²) in [6.07, 6.45) is 3.31. The number of hydrogen-bond donors (Lipinski definition) is 1. The van der Waals surface area contributed by atoms with E-state index in [4.69, 9.17) is 5.11 Å². The van der Waals surface area contributed by atoms with Gasteiger partial charge in [-0.05, 0) is 66.5 Å². The van der Waals surface area contributed by atoms with E-state index in [1.165, 1.54) is 16.7 Å². The molecule has 1 aliphatic carbocycles. The third-order valence-corrected chi connectivity index (χ3v) is 4.30. The second-order valence-electron chi connectivity index (χ2n) is 5.58. The van der Waals surface area contributed by atoms with Gasteiger partial charge in [0.05, 0.1) is 5.56 Å². The number of hydrogen-bond acceptors (Lipinski definition) is 1. The molecule has 1 aliphatic rings. The van der Waals surface area contributed by atoms with Crippen LogP contribution >= 0.6 is 0 Å². The molecule has 1 N–H and O–H groups in total. The lowest BCUT2D eigenvalue weighted by molar-refractivity contribution is 0.0696. The fourth-order valence-corrected chi connectivity index (χ4v) is 3.23.